The summed E-state index contributed by atoms with van der Waals surface area (Å²) in [4.78, 5) is 21.4. The van der Waals surface area contributed by atoms with Gasteiger partial charge in [-0.3, -0.25) is 4.79 Å². The zero-order valence-corrected chi connectivity index (χ0v) is 17.1. The Balaban J connectivity index is 1.25. The predicted octanol–water partition coefficient (Wildman–Crippen LogP) is 2.17. The van der Waals surface area contributed by atoms with Crippen LogP contribution in [-0.4, -0.2) is 67.3 Å². The molecule has 1 amide bonds. The lowest BCUT2D eigenvalue weighted by atomic mass is 9.96. The Labute approximate surface area is 171 Å². The second-order valence-electron chi connectivity index (χ2n) is 7.89. The fourth-order valence-corrected chi connectivity index (χ4v) is 3.73. The van der Waals surface area contributed by atoms with Gasteiger partial charge >= 0.3 is 6.01 Å². The molecule has 0 bridgehead atoms. The molecule has 2 fully saturated rings. The van der Waals surface area contributed by atoms with Gasteiger partial charge in [0.05, 0.1) is 7.11 Å². The average molecular weight is 399 g/mol. The number of methoxy groups -OCH3 is 1. The van der Waals surface area contributed by atoms with E-state index in [0.29, 0.717) is 11.8 Å². The summed E-state index contributed by atoms with van der Waals surface area (Å²) in [6, 6.07) is 8.80. The summed E-state index contributed by atoms with van der Waals surface area (Å²) in [5.74, 6) is 1.57. The minimum Gasteiger partial charge on any atom is -0.497 e. The molecule has 1 aromatic carbocycles. The molecule has 2 heterocycles. The van der Waals surface area contributed by atoms with Crippen molar-refractivity contribution < 1.29 is 14.1 Å². The molecule has 156 valence electrons. The Morgan fingerprint density at radius 2 is 1.97 bits per heavy atom. The summed E-state index contributed by atoms with van der Waals surface area (Å²) in [7, 11) is 3.77. The van der Waals surface area contributed by atoms with Crippen LogP contribution in [0.1, 0.15) is 25.7 Å². The van der Waals surface area contributed by atoms with Gasteiger partial charge in [-0.1, -0.05) is 5.16 Å². The number of ether oxygens (including phenoxy) is 1. The maximum atomic E-state index is 12.4. The van der Waals surface area contributed by atoms with E-state index in [4.69, 9.17) is 9.26 Å². The van der Waals surface area contributed by atoms with Gasteiger partial charge in [-0.25, -0.2) is 0 Å². The third-order valence-electron chi connectivity index (χ3n) is 5.83. The van der Waals surface area contributed by atoms with Crippen molar-refractivity contribution in [3.05, 3.63) is 24.3 Å². The number of hydrogen-bond acceptors (Lipinski definition) is 7. The third-order valence-corrected chi connectivity index (χ3v) is 5.83. The van der Waals surface area contributed by atoms with Crippen molar-refractivity contribution in [2.45, 2.75) is 31.7 Å². The molecule has 29 heavy (non-hydrogen) atoms. The summed E-state index contributed by atoms with van der Waals surface area (Å²) in [5, 5.41) is 7.19. The molecular weight excluding hydrogens is 370 g/mol. The molecule has 1 N–H and O–H groups in total. The molecule has 2 aliphatic rings. The lowest BCUT2D eigenvalue weighted by Crippen LogP contribution is -2.42. The SMILES string of the molecule is COc1ccc(-c2noc(N3CCC(C(=O)NCCN(C)C4CC4)CC3)n2)cc1. The Bertz CT molecular complexity index is 810. The third kappa shape index (κ3) is 4.87. The lowest BCUT2D eigenvalue weighted by molar-refractivity contribution is -0.125. The number of carbonyl (C=O) groups is 1. The van der Waals surface area contributed by atoms with Crippen LogP contribution in [-0.2, 0) is 4.79 Å². The van der Waals surface area contributed by atoms with Crippen LogP contribution in [0.25, 0.3) is 11.4 Å². The van der Waals surface area contributed by atoms with Crippen LogP contribution in [0.4, 0.5) is 6.01 Å². The number of aromatic nitrogens is 2. The number of rotatable bonds is 8. The maximum Gasteiger partial charge on any atom is 0.324 e. The van der Waals surface area contributed by atoms with Gasteiger partial charge in [-0.15, -0.1) is 0 Å². The quantitative estimate of drug-likeness (QED) is 0.728. The Morgan fingerprint density at radius 3 is 2.62 bits per heavy atom. The van der Waals surface area contributed by atoms with E-state index in [-0.39, 0.29) is 11.8 Å². The molecule has 1 saturated carbocycles. The van der Waals surface area contributed by atoms with E-state index in [1.807, 2.05) is 24.3 Å². The van der Waals surface area contributed by atoms with Gasteiger partial charge < -0.3 is 24.4 Å². The van der Waals surface area contributed by atoms with Gasteiger partial charge in [0.2, 0.25) is 11.7 Å². The number of anilines is 1. The van der Waals surface area contributed by atoms with Crippen LogP contribution < -0.4 is 15.0 Å². The van der Waals surface area contributed by atoms with Crippen molar-refractivity contribution in [3.8, 4) is 17.1 Å². The number of hydrogen-bond donors (Lipinski definition) is 1. The number of nitrogens with one attached hydrogen (secondary N) is 1. The summed E-state index contributed by atoms with van der Waals surface area (Å²) < 4.78 is 10.6. The highest BCUT2D eigenvalue weighted by atomic mass is 16.5. The van der Waals surface area contributed by atoms with Crippen LogP contribution in [0.3, 0.4) is 0 Å². The molecule has 8 heteroatoms. The zero-order chi connectivity index (χ0) is 20.2. The molecule has 8 nitrogen and oxygen atoms in total. The van der Waals surface area contributed by atoms with Crippen molar-refractivity contribution >= 4 is 11.9 Å². The highest BCUT2D eigenvalue weighted by molar-refractivity contribution is 5.78. The van der Waals surface area contributed by atoms with Crippen molar-refractivity contribution in [2.75, 3.05) is 45.2 Å². The second kappa shape index (κ2) is 8.82. The number of likely N-dealkylation sites (N-methyl/N-ethyl adjacent to an activating group) is 1. The molecule has 0 unspecified atom stereocenters. The molecule has 0 atom stereocenters. The number of piperidine rings is 1. The first-order chi connectivity index (χ1) is 14.1. The molecule has 2 aromatic rings. The van der Waals surface area contributed by atoms with Crippen molar-refractivity contribution in [1.82, 2.24) is 20.4 Å². The first kappa shape index (κ1) is 19.7. The summed E-state index contributed by atoms with van der Waals surface area (Å²) in [6.45, 7) is 3.13. The Kier molecular flexibility index (Phi) is 5.99. The number of amides is 1. The fourth-order valence-electron chi connectivity index (χ4n) is 3.73. The maximum absolute atomic E-state index is 12.4. The Morgan fingerprint density at radius 1 is 1.24 bits per heavy atom. The topological polar surface area (TPSA) is 83.7 Å². The number of benzene rings is 1. The van der Waals surface area contributed by atoms with Crippen LogP contribution in [0, 0.1) is 5.92 Å². The van der Waals surface area contributed by atoms with Crippen LogP contribution in [0.5, 0.6) is 5.75 Å². The van der Waals surface area contributed by atoms with Crippen LogP contribution in [0.2, 0.25) is 0 Å². The summed E-state index contributed by atoms with van der Waals surface area (Å²) in [6.07, 6.45) is 4.17. The van der Waals surface area contributed by atoms with Crippen LogP contribution in [0.15, 0.2) is 28.8 Å². The molecule has 1 aliphatic carbocycles. The molecule has 1 aromatic heterocycles. The van der Waals surface area contributed by atoms with Gasteiger partial charge in [-0.05, 0) is 57.0 Å². The highest BCUT2D eigenvalue weighted by Crippen LogP contribution is 2.26. The van der Waals surface area contributed by atoms with Gasteiger partial charge in [0.25, 0.3) is 0 Å². The smallest absolute Gasteiger partial charge is 0.324 e. The molecule has 0 radical (unpaired) electrons. The Hall–Kier alpha value is -2.61. The summed E-state index contributed by atoms with van der Waals surface area (Å²) in [5.41, 5.74) is 0.881. The normalized spacial score (nSPS) is 17.6. The van der Waals surface area contributed by atoms with Crippen molar-refractivity contribution in [2.24, 2.45) is 5.92 Å². The number of carbonyl (C=O) groups excluding carboxylic acids is 1. The molecule has 1 aliphatic heterocycles. The van der Waals surface area contributed by atoms with E-state index in [9.17, 15) is 4.79 Å². The second-order valence-corrected chi connectivity index (χ2v) is 7.89. The molecule has 4 rings (SSSR count). The van der Waals surface area contributed by atoms with Gasteiger partial charge in [0.15, 0.2) is 0 Å². The van der Waals surface area contributed by atoms with Crippen LogP contribution >= 0.6 is 0 Å². The summed E-state index contributed by atoms with van der Waals surface area (Å²) >= 11 is 0. The first-order valence-corrected chi connectivity index (χ1v) is 10.3. The number of nitrogens with zero attached hydrogens (tertiary/aromatic N) is 4. The largest absolute Gasteiger partial charge is 0.497 e. The standard InChI is InChI=1S/C21H29N5O3/c1-25(17-5-6-17)14-11-22-20(27)16-9-12-26(13-10-16)21-23-19(24-29-21)15-3-7-18(28-2)8-4-15/h3-4,7-8,16-17H,5-6,9-14H2,1-2H3,(H,22,27). The van der Waals surface area contributed by atoms with E-state index >= 15 is 0 Å². The van der Waals surface area contributed by atoms with Gasteiger partial charge in [-0.2, -0.15) is 4.98 Å². The van der Waals surface area contributed by atoms with E-state index in [1.165, 1.54) is 12.8 Å². The first-order valence-electron chi connectivity index (χ1n) is 10.3. The minimum absolute atomic E-state index is 0.0569. The molecule has 0 spiro atoms. The highest BCUT2D eigenvalue weighted by Gasteiger charge is 2.28. The van der Waals surface area contributed by atoms with E-state index in [0.717, 1.165) is 56.4 Å². The fraction of sp³-hybridized carbons (Fsp3) is 0.571. The van der Waals surface area contributed by atoms with E-state index in [1.54, 1.807) is 7.11 Å². The van der Waals surface area contributed by atoms with E-state index in [2.05, 4.69) is 32.3 Å². The monoisotopic (exact) mass is 399 g/mol. The van der Waals surface area contributed by atoms with Gasteiger partial charge in [0, 0.05) is 43.7 Å². The zero-order valence-electron chi connectivity index (χ0n) is 17.1. The molecule has 1 saturated heterocycles. The minimum atomic E-state index is 0.0569. The van der Waals surface area contributed by atoms with E-state index < -0.39 is 0 Å². The van der Waals surface area contributed by atoms with Gasteiger partial charge in [0.1, 0.15) is 5.75 Å². The van der Waals surface area contributed by atoms with Crippen molar-refractivity contribution in [1.29, 1.82) is 0 Å². The predicted molar refractivity (Wildman–Crippen MR) is 110 cm³/mol. The lowest BCUT2D eigenvalue weighted by Gasteiger charge is -2.29. The average Bonchev–Trinajstić information content (AvgIpc) is 3.50. The van der Waals surface area contributed by atoms with Crippen molar-refractivity contribution in [3.63, 3.8) is 0 Å². The molecular formula is C21H29N5O3.